The van der Waals surface area contributed by atoms with E-state index in [1.165, 1.54) is 16.6 Å². The number of fused-ring (bicyclic) bond motifs is 1. The Labute approximate surface area is 181 Å². The smallest absolute Gasteiger partial charge is 0.229 e. The van der Waals surface area contributed by atoms with Crippen LogP contribution in [0.2, 0.25) is 0 Å². The van der Waals surface area contributed by atoms with Gasteiger partial charge < -0.3 is 24.7 Å². The largest absolute Gasteiger partial charge is 0.476 e. The first kappa shape index (κ1) is 21.1. The highest BCUT2D eigenvalue weighted by atomic mass is 16.5. The predicted octanol–water partition coefficient (Wildman–Crippen LogP) is 2.46. The number of hydrogen-bond acceptors (Lipinski definition) is 8. The second-order valence-corrected chi connectivity index (χ2v) is 7.49. The van der Waals surface area contributed by atoms with Crippen molar-refractivity contribution in [1.29, 1.82) is 0 Å². The van der Waals surface area contributed by atoms with Gasteiger partial charge in [0.05, 0.1) is 30.8 Å². The quantitative estimate of drug-likeness (QED) is 0.291. The van der Waals surface area contributed by atoms with E-state index in [1.54, 1.807) is 12.3 Å². The van der Waals surface area contributed by atoms with E-state index in [4.69, 9.17) is 9.47 Å². The molecule has 1 aliphatic heterocycles. The number of aryl methyl sites for hydroxylation is 2. The second-order valence-electron chi connectivity index (χ2n) is 7.49. The van der Waals surface area contributed by atoms with Crippen molar-refractivity contribution in [3.8, 4) is 5.88 Å². The maximum atomic E-state index is 5.79. The Morgan fingerprint density at radius 1 is 1.23 bits per heavy atom. The summed E-state index contributed by atoms with van der Waals surface area (Å²) >= 11 is 0. The molecule has 0 atom stereocenters. The summed E-state index contributed by atoms with van der Waals surface area (Å²) in [5.41, 5.74) is 8.25. The predicted molar refractivity (Wildman–Crippen MR) is 123 cm³/mol. The van der Waals surface area contributed by atoms with Gasteiger partial charge in [0.25, 0.3) is 0 Å². The number of likely N-dealkylation sites (N-methyl/N-ethyl adjacent to an activating group) is 1. The number of H-pyrrole nitrogens is 1. The van der Waals surface area contributed by atoms with Crippen molar-refractivity contribution in [3.63, 3.8) is 0 Å². The summed E-state index contributed by atoms with van der Waals surface area (Å²) < 4.78 is 11.2. The molecule has 0 saturated carbocycles. The molecule has 0 aliphatic carbocycles. The molecule has 3 N–H and O–H groups in total. The lowest BCUT2D eigenvalue weighted by Gasteiger charge is -2.27. The lowest BCUT2D eigenvalue weighted by Crippen LogP contribution is -2.37. The molecule has 31 heavy (non-hydrogen) atoms. The number of aromatic nitrogens is 3. The second kappa shape index (κ2) is 9.76. The van der Waals surface area contributed by atoms with Gasteiger partial charge in [-0.05, 0) is 44.7 Å². The van der Waals surface area contributed by atoms with Crippen LogP contribution in [-0.2, 0) is 4.74 Å². The van der Waals surface area contributed by atoms with Crippen LogP contribution in [0.1, 0.15) is 17.0 Å². The number of ether oxygens (including phenoxy) is 2. The average Bonchev–Trinajstić information content (AvgIpc) is 3.08. The SMILES string of the molecule is CNCCOc1cc(/C=N/Nc2ccc3[nH]c(C)c(C)c3c2)nc(N2CCOCC2)n1. The maximum Gasteiger partial charge on any atom is 0.229 e. The molecule has 1 aromatic carbocycles. The fourth-order valence-electron chi connectivity index (χ4n) is 3.44. The van der Waals surface area contributed by atoms with Crippen LogP contribution in [0.3, 0.4) is 0 Å². The summed E-state index contributed by atoms with van der Waals surface area (Å²) in [5, 5.41) is 8.65. The minimum absolute atomic E-state index is 0.528. The minimum Gasteiger partial charge on any atom is -0.476 e. The molecule has 0 unspecified atom stereocenters. The maximum absolute atomic E-state index is 5.79. The molecular formula is C22H29N7O2. The highest BCUT2D eigenvalue weighted by Crippen LogP contribution is 2.24. The molecule has 1 saturated heterocycles. The van der Waals surface area contributed by atoms with E-state index in [2.05, 4.69) is 61.7 Å². The van der Waals surface area contributed by atoms with Gasteiger partial charge in [-0.15, -0.1) is 0 Å². The van der Waals surface area contributed by atoms with Crippen molar-refractivity contribution in [3.05, 3.63) is 41.2 Å². The highest BCUT2D eigenvalue weighted by molar-refractivity contribution is 5.87. The third-order valence-corrected chi connectivity index (χ3v) is 5.31. The van der Waals surface area contributed by atoms with Crippen LogP contribution in [0.5, 0.6) is 5.88 Å². The average molecular weight is 424 g/mol. The van der Waals surface area contributed by atoms with E-state index >= 15 is 0 Å². The number of benzene rings is 1. The normalized spacial score (nSPS) is 14.5. The van der Waals surface area contributed by atoms with Crippen molar-refractivity contribution in [2.45, 2.75) is 13.8 Å². The summed E-state index contributed by atoms with van der Waals surface area (Å²) in [6.07, 6.45) is 1.69. The summed E-state index contributed by atoms with van der Waals surface area (Å²) in [4.78, 5) is 14.7. The third kappa shape index (κ3) is 5.12. The zero-order valence-corrected chi connectivity index (χ0v) is 18.2. The number of aromatic amines is 1. The van der Waals surface area contributed by atoms with Crippen LogP contribution < -0.4 is 20.4 Å². The van der Waals surface area contributed by atoms with Crippen molar-refractivity contribution in [1.82, 2.24) is 20.3 Å². The Bertz CT molecular complexity index is 1060. The van der Waals surface area contributed by atoms with E-state index in [0.29, 0.717) is 37.3 Å². The lowest BCUT2D eigenvalue weighted by atomic mass is 10.1. The monoisotopic (exact) mass is 423 g/mol. The van der Waals surface area contributed by atoms with Gasteiger partial charge in [0.2, 0.25) is 11.8 Å². The molecule has 0 radical (unpaired) electrons. The zero-order chi connectivity index (χ0) is 21.6. The summed E-state index contributed by atoms with van der Waals surface area (Å²) in [5.74, 6) is 1.17. The number of rotatable bonds is 8. The Kier molecular flexibility index (Phi) is 6.63. The topological polar surface area (TPSA) is 99.7 Å². The Morgan fingerprint density at radius 3 is 2.87 bits per heavy atom. The van der Waals surface area contributed by atoms with E-state index in [-0.39, 0.29) is 0 Å². The van der Waals surface area contributed by atoms with Crippen LogP contribution in [0, 0.1) is 13.8 Å². The van der Waals surface area contributed by atoms with E-state index in [0.717, 1.165) is 30.8 Å². The Morgan fingerprint density at radius 2 is 2.06 bits per heavy atom. The number of hydrazone groups is 1. The van der Waals surface area contributed by atoms with Gasteiger partial charge in [0.1, 0.15) is 6.61 Å². The van der Waals surface area contributed by atoms with Crippen LogP contribution in [0.4, 0.5) is 11.6 Å². The van der Waals surface area contributed by atoms with Gasteiger partial charge in [-0.2, -0.15) is 10.1 Å². The fraction of sp³-hybridized carbons (Fsp3) is 0.409. The number of nitrogens with one attached hydrogen (secondary N) is 3. The van der Waals surface area contributed by atoms with Gasteiger partial charge in [-0.1, -0.05) is 0 Å². The molecule has 0 bridgehead atoms. The first-order chi connectivity index (χ1) is 15.1. The Balaban J connectivity index is 1.52. The molecule has 3 heterocycles. The zero-order valence-electron chi connectivity index (χ0n) is 18.2. The van der Waals surface area contributed by atoms with Crippen LogP contribution in [0.15, 0.2) is 29.4 Å². The standard InChI is InChI=1S/C22H29N7O2/c1-15-16(2)25-20-5-4-17(12-19(15)20)28-24-14-18-13-21(31-9-6-23-3)27-22(26-18)29-7-10-30-11-8-29/h4-5,12-14,23,25,28H,6-11H2,1-3H3/b24-14+. The molecule has 164 valence electrons. The lowest BCUT2D eigenvalue weighted by molar-refractivity contribution is 0.122. The first-order valence-electron chi connectivity index (χ1n) is 10.5. The van der Waals surface area contributed by atoms with Crippen LogP contribution in [0.25, 0.3) is 10.9 Å². The summed E-state index contributed by atoms with van der Waals surface area (Å²) in [7, 11) is 1.89. The Hall–Kier alpha value is -3.17. The molecule has 1 aliphatic rings. The summed E-state index contributed by atoms with van der Waals surface area (Å²) in [6.45, 7) is 8.31. The van der Waals surface area contributed by atoms with Gasteiger partial charge in [-0.25, -0.2) is 4.98 Å². The molecule has 0 amide bonds. The summed E-state index contributed by atoms with van der Waals surface area (Å²) in [6, 6.07) is 7.95. The van der Waals surface area contributed by atoms with Crippen LogP contribution >= 0.6 is 0 Å². The number of nitrogens with zero attached hydrogens (tertiary/aromatic N) is 4. The molecule has 9 heteroatoms. The number of hydrogen-bond donors (Lipinski definition) is 3. The first-order valence-corrected chi connectivity index (χ1v) is 10.5. The van der Waals surface area contributed by atoms with Crippen molar-refractivity contribution >= 4 is 28.8 Å². The molecule has 2 aromatic heterocycles. The molecule has 1 fully saturated rings. The van der Waals surface area contributed by atoms with Crippen molar-refractivity contribution in [2.75, 3.05) is 56.8 Å². The van der Waals surface area contributed by atoms with Gasteiger partial charge in [0.15, 0.2) is 0 Å². The molecule has 9 nitrogen and oxygen atoms in total. The van der Waals surface area contributed by atoms with E-state index < -0.39 is 0 Å². The number of morpholine rings is 1. The van der Waals surface area contributed by atoms with E-state index in [1.807, 2.05) is 13.1 Å². The van der Waals surface area contributed by atoms with Crippen LogP contribution in [-0.4, -0.2) is 67.7 Å². The van der Waals surface area contributed by atoms with Crippen molar-refractivity contribution < 1.29 is 9.47 Å². The minimum atomic E-state index is 0.528. The van der Waals surface area contributed by atoms with Gasteiger partial charge in [-0.3, -0.25) is 5.43 Å². The molecule has 3 aromatic rings. The number of anilines is 2. The third-order valence-electron chi connectivity index (χ3n) is 5.31. The fourth-order valence-corrected chi connectivity index (χ4v) is 3.44. The highest BCUT2D eigenvalue weighted by Gasteiger charge is 2.16. The van der Waals surface area contributed by atoms with Gasteiger partial charge >= 0.3 is 0 Å². The van der Waals surface area contributed by atoms with E-state index in [9.17, 15) is 0 Å². The molecule has 4 rings (SSSR count). The van der Waals surface area contributed by atoms with Gasteiger partial charge in [0, 0.05) is 42.3 Å². The molecule has 0 spiro atoms. The van der Waals surface area contributed by atoms with Crippen molar-refractivity contribution in [2.24, 2.45) is 5.10 Å². The molecular weight excluding hydrogens is 394 g/mol.